The number of hydrogen-bond acceptors (Lipinski definition) is 1. The highest BCUT2D eigenvalue weighted by Gasteiger charge is 2.25. The van der Waals surface area contributed by atoms with Crippen LogP contribution in [-0.4, -0.2) is 5.54 Å². The minimum Gasteiger partial charge on any atom is -0.307 e. The lowest BCUT2D eigenvalue weighted by molar-refractivity contribution is 0.252. The summed E-state index contributed by atoms with van der Waals surface area (Å²) < 4.78 is 0. The standard InChI is InChI=1S/C18H23N/c1-18(11-5-2-6-12-18)19-14-15-9-10-16-7-3-4-8-17(16)13-15/h3-4,7-10,13,19H,2,5-6,11-12,14H2,1H3. The Kier molecular flexibility index (Phi) is 3.56. The molecule has 0 spiro atoms. The molecule has 0 bridgehead atoms. The highest BCUT2D eigenvalue weighted by atomic mass is 15.0. The summed E-state index contributed by atoms with van der Waals surface area (Å²) in [7, 11) is 0. The molecule has 19 heavy (non-hydrogen) atoms. The monoisotopic (exact) mass is 253 g/mol. The fourth-order valence-corrected chi connectivity index (χ4v) is 3.17. The Morgan fingerprint density at radius 2 is 1.68 bits per heavy atom. The summed E-state index contributed by atoms with van der Waals surface area (Å²) in [5, 5.41) is 6.45. The van der Waals surface area contributed by atoms with Crippen molar-refractivity contribution in [2.75, 3.05) is 0 Å². The van der Waals surface area contributed by atoms with E-state index in [1.165, 1.54) is 48.4 Å². The smallest absolute Gasteiger partial charge is 0.0210 e. The molecule has 0 aromatic heterocycles. The lowest BCUT2D eigenvalue weighted by atomic mass is 9.83. The van der Waals surface area contributed by atoms with Gasteiger partial charge in [0.25, 0.3) is 0 Å². The average molecular weight is 253 g/mol. The topological polar surface area (TPSA) is 12.0 Å². The first kappa shape index (κ1) is 12.7. The lowest BCUT2D eigenvalue weighted by Gasteiger charge is -2.34. The third-order valence-electron chi connectivity index (χ3n) is 4.49. The first-order chi connectivity index (χ1) is 9.25. The molecule has 0 atom stereocenters. The van der Waals surface area contributed by atoms with Gasteiger partial charge in [-0.05, 0) is 42.2 Å². The molecule has 1 aliphatic rings. The first-order valence-corrected chi connectivity index (χ1v) is 7.48. The molecule has 2 aromatic carbocycles. The molecular weight excluding hydrogens is 230 g/mol. The maximum absolute atomic E-state index is 3.78. The van der Waals surface area contributed by atoms with Crippen molar-refractivity contribution in [3.8, 4) is 0 Å². The van der Waals surface area contributed by atoms with Gasteiger partial charge < -0.3 is 5.32 Å². The number of fused-ring (bicyclic) bond motifs is 1. The van der Waals surface area contributed by atoms with Crippen LogP contribution in [0.15, 0.2) is 42.5 Å². The minimum atomic E-state index is 0.351. The van der Waals surface area contributed by atoms with Crippen LogP contribution >= 0.6 is 0 Å². The van der Waals surface area contributed by atoms with E-state index in [4.69, 9.17) is 0 Å². The van der Waals surface area contributed by atoms with Crippen molar-refractivity contribution in [2.45, 2.75) is 51.1 Å². The number of hydrogen-bond donors (Lipinski definition) is 1. The predicted octanol–water partition coefficient (Wildman–Crippen LogP) is 4.65. The van der Waals surface area contributed by atoms with Crippen molar-refractivity contribution in [1.29, 1.82) is 0 Å². The molecule has 0 saturated heterocycles. The maximum atomic E-state index is 3.78. The van der Waals surface area contributed by atoms with E-state index in [1.54, 1.807) is 0 Å². The molecule has 2 aromatic rings. The van der Waals surface area contributed by atoms with Gasteiger partial charge in [0.2, 0.25) is 0 Å². The third kappa shape index (κ3) is 2.98. The quantitative estimate of drug-likeness (QED) is 0.839. The summed E-state index contributed by atoms with van der Waals surface area (Å²) in [5.74, 6) is 0. The molecule has 0 aliphatic heterocycles. The highest BCUT2D eigenvalue weighted by Crippen LogP contribution is 2.28. The SMILES string of the molecule is CC1(NCc2ccc3ccccc3c2)CCCCC1. The van der Waals surface area contributed by atoms with Gasteiger partial charge in [0, 0.05) is 12.1 Å². The lowest BCUT2D eigenvalue weighted by Crippen LogP contribution is -2.43. The maximum Gasteiger partial charge on any atom is 0.0210 e. The molecular formula is C18H23N. The molecule has 1 heteroatoms. The van der Waals surface area contributed by atoms with E-state index in [2.05, 4.69) is 54.7 Å². The summed E-state index contributed by atoms with van der Waals surface area (Å²) in [5.41, 5.74) is 1.75. The van der Waals surface area contributed by atoms with Crippen LogP contribution in [0.2, 0.25) is 0 Å². The van der Waals surface area contributed by atoms with Crippen LogP contribution in [-0.2, 0) is 6.54 Å². The Hall–Kier alpha value is -1.34. The van der Waals surface area contributed by atoms with Crippen LogP contribution in [0.4, 0.5) is 0 Å². The molecule has 100 valence electrons. The summed E-state index contributed by atoms with van der Waals surface area (Å²) >= 11 is 0. The molecule has 1 saturated carbocycles. The second-order valence-corrected chi connectivity index (χ2v) is 6.16. The molecule has 1 nitrogen and oxygen atoms in total. The first-order valence-electron chi connectivity index (χ1n) is 7.48. The van der Waals surface area contributed by atoms with Crippen molar-refractivity contribution >= 4 is 10.8 Å². The van der Waals surface area contributed by atoms with E-state index in [0.717, 1.165) is 6.54 Å². The second kappa shape index (κ2) is 5.34. The third-order valence-corrected chi connectivity index (χ3v) is 4.49. The molecule has 0 heterocycles. The van der Waals surface area contributed by atoms with E-state index in [1.807, 2.05) is 0 Å². The van der Waals surface area contributed by atoms with Crippen molar-refractivity contribution in [1.82, 2.24) is 5.32 Å². The van der Waals surface area contributed by atoms with E-state index in [9.17, 15) is 0 Å². The Labute approximate surface area is 116 Å². The van der Waals surface area contributed by atoms with Crippen molar-refractivity contribution in [2.24, 2.45) is 0 Å². The molecule has 1 fully saturated rings. The van der Waals surface area contributed by atoms with Crippen LogP contribution in [0.3, 0.4) is 0 Å². The fraction of sp³-hybridized carbons (Fsp3) is 0.444. The van der Waals surface area contributed by atoms with E-state index >= 15 is 0 Å². The normalized spacial score (nSPS) is 18.6. The van der Waals surface area contributed by atoms with Crippen molar-refractivity contribution in [3.63, 3.8) is 0 Å². The number of rotatable bonds is 3. The van der Waals surface area contributed by atoms with Crippen LogP contribution in [0.5, 0.6) is 0 Å². The molecule has 0 unspecified atom stereocenters. The van der Waals surface area contributed by atoms with Gasteiger partial charge in [-0.1, -0.05) is 55.7 Å². The largest absolute Gasteiger partial charge is 0.307 e. The van der Waals surface area contributed by atoms with Gasteiger partial charge in [-0.25, -0.2) is 0 Å². The summed E-state index contributed by atoms with van der Waals surface area (Å²) in [4.78, 5) is 0. The van der Waals surface area contributed by atoms with Gasteiger partial charge in [-0.15, -0.1) is 0 Å². The minimum absolute atomic E-state index is 0.351. The van der Waals surface area contributed by atoms with Crippen LogP contribution in [0, 0.1) is 0 Å². The van der Waals surface area contributed by atoms with Gasteiger partial charge in [-0.3, -0.25) is 0 Å². The van der Waals surface area contributed by atoms with E-state index in [0.29, 0.717) is 5.54 Å². The van der Waals surface area contributed by atoms with Gasteiger partial charge in [0.1, 0.15) is 0 Å². The van der Waals surface area contributed by atoms with Gasteiger partial charge in [0.05, 0.1) is 0 Å². The van der Waals surface area contributed by atoms with Crippen LogP contribution in [0.25, 0.3) is 10.8 Å². The summed E-state index contributed by atoms with van der Waals surface area (Å²) in [6, 6.07) is 15.4. The second-order valence-electron chi connectivity index (χ2n) is 6.16. The number of benzene rings is 2. The Bertz CT molecular complexity index is 552. The zero-order valence-electron chi connectivity index (χ0n) is 11.8. The van der Waals surface area contributed by atoms with Crippen molar-refractivity contribution < 1.29 is 0 Å². The Balaban J connectivity index is 1.71. The summed E-state index contributed by atoms with van der Waals surface area (Å²) in [6.45, 7) is 3.37. The van der Waals surface area contributed by atoms with Crippen LogP contribution < -0.4 is 5.32 Å². The van der Waals surface area contributed by atoms with Crippen molar-refractivity contribution in [3.05, 3.63) is 48.0 Å². The van der Waals surface area contributed by atoms with E-state index < -0.39 is 0 Å². The predicted molar refractivity (Wildman–Crippen MR) is 82.3 cm³/mol. The Morgan fingerprint density at radius 1 is 0.947 bits per heavy atom. The molecule has 1 N–H and O–H groups in total. The average Bonchev–Trinajstić information content (AvgIpc) is 2.46. The Morgan fingerprint density at radius 3 is 2.47 bits per heavy atom. The van der Waals surface area contributed by atoms with Gasteiger partial charge in [0.15, 0.2) is 0 Å². The molecule has 3 rings (SSSR count). The highest BCUT2D eigenvalue weighted by molar-refractivity contribution is 5.82. The van der Waals surface area contributed by atoms with Gasteiger partial charge >= 0.3 is 0 Å². The fourth-order valence-electron chi connectivity index (χ4n) is 3.17. The molecule has 1 aliphatic carbocycles. The van der Waals surface area contributed by atoms with Crippen LogP contribution in [0.1, 0.15) is 44.6 Å². The molecule has 0 radical (unpaired) electrons. The van der Waals surface area contributed by atoms with E-state index in [-0.39, 0.29) is 0 Å². The zero-order valence-corrected chi connectivity index (χ0v) is 11.8. The van der Waals surface area contributed by atoms with Gasteiger partial charge in [-0.2, -0.15) is 0 Å². The number of nitrogens with one attached hydrogen (secondary N) is 1. The molecule has 0 amide bonds. The summed E-state index contributed by atoms with van der Waals surface area (Å²) in [6.07, 6.45) is 6.80. The zero-order chi connectivity index (χ0) is 13.1.